The maximum Gasteiger partial charge on any atom is 0.274 e. The van der Waals surface area contributed by atoms with Crippen molar-refractivity contribution in [2.24, 2.45) is 0 Å². The van der Waals surface area contributed by atoms with Gasteiger partial charge >= 0.3 is 0 Å². The summed E-state index contributed by atoms with van der Waals surface area (Å²) < 4.78 is 1.42. The molecule has 0 saturated carbocycles. The summed E-state index contributed by atoms with van der Waals surface area (Å²) in [5, 5.41) is 21.9. The second kappa shape index (κ2) is 8.90. The first-order valence-corrected chi connectivity index (χ1v) is 10.2. The van der Waals surface area contributed by atoms with Gasteiger partial charge in [0.05, 0.1) is 16.3 Å². The fourth-order valence-electron chi connectivity index (χ4n) is 3.74. The van der Waals surface area contributed by atoms with Gasteiger partial charge in [0.15, 0.2) is 5.69 Å². The van der Waals surface area contributed by atoms with E-state index >= 15 is 0 Å². The summed E-state index contributed by atoms with van der Waals surface area (Å²) in [6, 6.07) is 9.86. The Labute approximate surface area is 179 Å². The van der Waals surface area contributed by atoms with E-state index in [0.717, 1.165) is 37.3 Å². The van der Waals surface area contributed by atoms with E-state index in [2.05, 4.69) is 25.5 Å². The van der Waals surface area contributed by atoms with Gasteiger partial charge < -0.3 is 10.2 Å². The Balaban J connectivity index is 1.50. The Kier molecular flexibility index (Phi) is 5.87. The molecule has 10 heteroatoms. The molecule has 10 nitrogen and oxygen atoms in total. The van der Waals surface area contributed by atoms with E-state index in [9.17, 15) is 14.9 Å². The van der Waals surface area contributed by atoms with Gasteiger partial charge in [-0.05, 0) is 38.3 Å². The minimum Gasteiger partial charge on any atom is -0.356 e. The van der Waals surface area contributed by atoms with Crippen LogP contribution in [0.1, 0.15) is 41.0 Å². The van der Waals surface area contributed by atoms with E-state index < -0.39 is 4.92 Å². The average molecular weight is 421 g/mol. The molecule has 160 valence electrons. The van der Waals surface area contributed by atoms with Gasteiger partial charge in [0.2, 0.25) is 0 Å². The highest BCUT2D eigenvalue weighted by Crippen LogP contribution is 2.22. The monoisotopic (exact) mass is 421 g/mol. The van der Waals surface area contributed by atoms with E-state index in [-0.39, 0.29) is 17.3 Å². The Morgan fingerprint density at radius 3 is 2.77 bits per heavy atom. The summed E-state index contributed by atoms with van der Waals surface area (Å²) in [6.45, 7) is 3.96. The number of nitrogens with zero attached hydrogens (tertiary/aromatic N) is 6. The number of pyridine rings is 1. The van der Waals surface area contributed by atoms with E-state index in [0.29, 0.717) is 17.9 Å². The third-order valence-electron chi connectivity index (χ3n) is 5.36. The predicted molar refractivity (Wildman–Crippen MR) is 114 cm³/mol. The first-order valence-electron chi connectivity index (χ1n) is 10.2. The van der Waals surface area contributed by atoms with Gasteiger partial charge in [-0.3, -0.25) is 14.9 Å². The SMILES string of the molecule is Cc1c(C(=O)NCc2cccnc2N2CCCCC2)nnn1-c1cccc([N+](=O)[O-])c1. The van der Waals surface area contributed by atoms with Crippen LogP contribution in [0, 0.1) is 17.0 Å². The largest absolute Gasteiger partial charge is 0.356 e. The standard InChI is InChI=1S/C21H23N7O3/c1-15-19(24-25-27(15)17-8-5-9-18(13-17)28(30)31)21(29)23-14-16-7-6-10-22-20(16)26-11-3-2-4-12-26/h5-10,13H,2-4,11-12,14H2,1H3,(H,23,29). The first-order chi connectivity index (χ1) is 15.0. The second-order valence-corrected chi connectivity index (χ2v) is 7.43. The minimum absolute atomic E-state index is 0.0554. The number of nitrogens with one attached hydrogen (secondary N) is 1. The van der Waals surface area contributed by atoms with Crippen LogP contribution in [0.3, 0.4) is 0 Å². The topological polar surface area (TPSA) is 119 Å². The van der Waals surface area contributed by atoms with Crippen molar-refractivity contribution in [1.82, 2.24) is 25.3 Å². The molecule has 1 N–H and O–H groups in total. The number of hydrogen-bond donors (Lipinski definition) is 1. The summed E-state index contributed by atoms with van der Waals surface area (Å²) in [5.74, 6) is 0.544. The lowest BCUT2D eigenvalue weighted by Gasteiger charge is -2.29. The lowest BCUT2D eigenvalue weighted by atomic mass is 10.1. The summed E-state index contributed by atoms with van der Waals surface area (Å²) in [5.41, 5.74) is 2.04. The fourth-order valence-corrected chi connectivity index (χ4v) is 3.74. The summed E-state index contributed by atoms with van der Waals surface area (Å²) >= 11 is 0. The number of aromatic nitrogens is 4. The molecule has 3 aromatic rings. The van der Waals surface area contributed by atoms with Gasteiger partial charge in [-0.15, -0.1) is 5.10 Å². The van der Waals surface area contributed by atoms with Crippen molar-refractivity contribution in [3.05, 3.63) is 69.7 Å². The normalized spacial score (nSPS) is 13.8. The van der Waals surface area contributed by atoms with Crippen molar-refractivity contribution in [1.29, 1.82) is 0 Å². The van der Waals surface area contributed by atoms with Crippen LogP contribution in [-0.2, 0) is 6.54 Å². The van der Waals surface area contributed by atoms with Crippen LogP contribution in [0.2, 0.25) is 0 Å². The van der Waals surface area contributed by atoms with E-state index in [1.807, 2.05) is 12.1 Å². The maximum atomic E-state index is 12.8. The molecular formula is C21H23N7O3. The van der Waals surface area contributed by atoms with Crippen molar-refractivity contribution in [2.45, 2.75) is 32.7 Å². The van der Waals surface area contributed by atoms with Gasteiger partial charge in [0.1, 0.15) is 5.82 Å². The molecule has 4 rings (SSSR count). The number of benzene rings is 1. The predicted octanol–water partition coefficient (Wildman–Crippen LogP) is 2.80. The molecule has 1 aliphatic rings. The quantitative estimate of drug-likeness (QED) is 0.480. The number of nitro groups is 1. The van der Waals surface area contributed by atoms with Crippen molar-refractivity contribution in [3.63, 3.8) is 0 Å². The number of carbonyl (C=O) groups is 1. The fraction of sp³-hybridized carbons (Fsp3) is 0.333. The van der Waals surface area contributed by atoms with Gasteiger partial charge in [-0.2, -0.15) is 0 Å². The molecule has 1 aliphatic heterocycles. The molecule has 31 heavy (non-hydrogen) atoms. The molecule has 1 aromatic carbocycles. The number of rotatable bonds is 6. The van der Waals surface area contributed by atoms with Crippen LogP contribution in [-0.4, -0.2) is 43.9 Å². The van der Waals surface area contributed by atoms with Crippen LogP contribution >= 0.6 is 0 Å². The van der Waals surface area contributed by atoms with Crippen LogP contribution in [0.5, 0.6) is 0 Å². The molecule has 1 saturated heterocycles. The van der Waals surface area contributed by atoms with Gasteiger partial charge in [0, 0.05) is 43.5 Å². The molecule has 0 spiro atoms. The molecule has 0 unspecified atom stereocenters. The van der Waals surface area contributed by atoms with E-state index in [4.69, 9.17) is 0 Å². The summed E-state index contributed by atoms with van der Waals surface area (Å²) in [4.78, 5) is 30.1. The number of anilines is 1. The molecular weight excluding hydrogens is 398 g/mol. The summed E-state index contributed by atoms with van der Waals surface area (Å²) in [7, 11) is 0. The van der Waals surface area contributed by atoms with E-state index in [1.54, 1.807) is 25.3 Å². The zero-order valence-electron chi connectivity index (χ0n) is 17.2. The van der Waals surface area contributed by atoms with Crippen LogP contribution in [0.25, 0.3) is 5.69 Å². The zero-order chi connectivity index (χ0) is 21.8. The molecule has 1 amide bonds. The lowest BCUT2D eigenvalue weighted by molar-refractivity contribution is -0.384. The lowest BCUT2D eigenvalue weighted by Crippen LogP contribution is -2.32. The highest BCUT2D eigenvalue weighted by Gasteiger charge is 2.20. The Morgan fingerprint density at radius 2 is 2.00 bits per heavy atom. The molecule has 0 bridgehead atoms. The van der Waals surface area contributed by atoms with Crippen molar-refractivity contribution in [3.8, 4) is 5.69 Å². The van der Waals surface area contributed by atoms with Crippen LogP contribution in [0.4, 0.5) is 11.5 Å². The molecule has 0 atom stereocenters. The minimum atomic E-state index is -0.475. The van der Waals surface area contributed by atoms with Crippen LogP contribution in [0.15, 0.2) is 42.6 Å². The van der Waals surface area contributed by atoms with Gasteiger partial charge in [-0.1, -0.05) is 17.3 Å². The first kappa shape index (κ1) is 20.5. The smallest absolute Gasteiger partial charge is 0.274 e. The summed E-state index contributed by atoms with van der Waals surface area (Å²) in [6.07, 6.45) is 5.28. The Morgan fingerprint density at radius 1 is 1.19 bits per heavy atom. The molecule has 0 aliphatic carbocycles. The van der Waals surface area contributed by atoms with Gasteiger partial charge in [0.25, 0.3) is 11.6 Å². The second-order valence-electron chi connectivity index (χ2n) is 7.43. The molecule has 3 heterocycles. The average Bonchev–Trinajstić information content (AvgIpc) is 3.19. The molecule has 1 fully saturated rings. The van der Waals surface area contributed by atoms with Crippen molar-refractivity contribution in [2.75, 3.05) is 18.0 Å². The Bertz CT molecular complexity index is 1110. The number of amides is 1. The highest BCUT2D eigenvalue weighted by atomic mass is 16.6. The van der Waals surface area contributed by atoms with Crippen LogP contribution < -0.4 is 10.2 Å². The highest BCUT2D eigenvalue weighted by molar-refractivity contribution is 5.93. The Hall–Kier alpha value is -3.82. The number of carbonyl (C=O) groups excluding carboxylic acids is 1. The van der Waals surface area contributed by atoms with Crippen molar-refractivity contribution >= 4 is 17.4 Å². The maximum absolute atomic E-state index is 12.8. The molecule has 2 aromatic heterocycles. The molecule has 0 radical (unpaired) electrons. The number of piperidine rings is 1. The van der Waals surface area contributed by atoms with E-state index in [1.165, 1.54) is 23.2 Å². The number of non-ortho nitro benzene ring substituents is 1. The third kappa shape index (κ3) is 4.37. The zero-order valence-corrected chi connectivity index (χ0v) is 17.2. The number of nitro benzene ring substituents is 1. The van der Waals surface area contributed by atoms with Crippen molar-refractivity contribution < 1.29 is 9.72 Å². The number of hydrogen-bond acceptors (Lipinski definition) is 7. The third-order valence-corrected chi connectivity index (χ3v) is 5.36. The van der Waals surface area contributed by atoms with Gasteiger partial charge in [-0.25, -0.2) is 9.67 Å².